The minimum Gasteiger partial charge on any atom is -0.369 e. The van der Waals surface area contributed by atoms with Crippen LogP contribution in [0.15, 0.2) is 72.0 Å². The first-order chi connectivity index (χ1) is 9.83. The van der Waals surface area contributed by atoms with Crippen LogP contribution >= 0.6 is 0 Å². The quantitative estimate of drug-likeness (QED) is 0.737. The number of benzene rings is 1. The Labute approximate surface area is 120 Å². The molecular weight excluding hydrogens is 242 g/mol. The molecule has 2 aliphatic heterocycles. The average molecular weight is 261 g/mol. The summed E-state index contributed by atoms with van der Waals surface area (Å²) in [6.07, 6.45) is 11.5. The van der Waals surface area contributed by atoms with E-state index in [9.17, 15) is 0 Å². The van der Waals surface area contributed by atoms with Crippen LogP contribution < -0.4 is 0 Å². The number of hydrogen-bond acceptors (Lipinski definition) is 1. The first-order valence-corrected chi connectivity index (χ1v) is 7.39. The standard InChI is InChI=1S/C19H19N/c1-14-11-19-17-10-6-5-9-16(17)12-20(19)13-18(14)15-7-3-2-4-8-15/h2-11,16-17H,12-13H2,1H3/t16-,17?/m1/s1. The van der Waals surface area contributed by atoms with E-state index in [-0.39, 0.29) is 0 Å². The molecule has 0 saturated carbocycles. The smallest absolute Gasteiger partial charge is 0.0435 e. The molecule has 100 valence electrons. The van der Waals surface area contributed by atoms with Crippen molar-refractivity contribution in [3.63, 3.8) is 0 Å². The van der Waals surface area contributed by atoms with Crippen molar-refractivity contribution in [1.29, 1.82) is 0 Å². The van der Waals surface area contributed by atoms with Crippen molar-refractivity contribution in [3.8, 4) is 0 Å². The molecule has 4 rings (SSSR count). The molecule has 0 amide bonds. The van der Waals surface area contributed by atoms with Gasteiger partial charge in [0.25, 0.3) is 0 Å². The van der Waals surface area contributed by atoms with E-state index in [1.165, 1.54) is 22.4 Å². The van der Waals surface area contributed by atoms with Gasteiger partial charge in [0.1, 0.15) is 0 Å². The van der Waals surface area contributed by atoms with E-state index in [1.54, 1.807) is 0 Å². The summed E-state index contributed by atoms with van der Waals surface area (Å²) in [6.45, 7) is 4.46. The monoisotopic (exact) mass is 261 g/mol. The molecule has 0 N–H and O–H groups in total. The second-order valence-corrected chi connectivity index (χ2v) is 5.94. The molecule has 1 heteroatoms. The van der Waals surface area contributed by atoms with Gasteiger partial charge >= 0.3 is 0 Å². The molecular formula is C19H19N. The maximum atomic E-state index is 2.56. The Bertz CT molecular complexity index is 646. The predicted molar refractivity (Wildman–Crippen MR) is 84.0 cm³/mol. The summed E-state index contributed by atoms with van der Waals surface area (Å²) in [7, 11) is 0. The van der Waals surface area contributed by atoms with Gasteiger partial charge in [-0.1, -0.05) is 54.6 Å². The number of nitrogens with zero attached hydrogens (tertiary/aromatic N) is 1. The third-order valence-electron chi connectivity index (χ3n) is 4.70. The van der Waals surface area contributed by atoms with Crippen LogP contribution in [0.1, 0.15) is 12.5 Å². The van der Waals surface area contributed by atoms with E-state index >= 15 is 0 Å². The highest BCUT2D eigenvalue weighted by Gasteiger charge is 2.36. The van der Waals surface area contributed by atoms with E-state index in [1.807, 2.05) is 0 Å². The van der Waals surface area contributed by atoms with Gasteiger partial charge in [-0.15, -0.1) is 0 Å². The van der Waals surface area contributed by atoms with Gasteiger partial charge in [-0.3, -0.25) is 0 Å². The SMILES string of the molecule is CC1=C(c2ccccc2)CN2C[C@H]3C=CC=CC3C2=C1. The summed E-state index contributed by atoms with van der Waals surface area (Å²) in [5.74, 6) is 1.25. The lowest BCUT2D eigenvalue weighted by molar-refractivity contribution is 0.420. The fraction of sp³-hybridized carbons (Fsp3) is 0.263. The second kappa shape index (κ2) is 4.52. The van der Waals surface area contributed by atoms with Crippen LogP contribution in [0.2, 0.25) is 0 Å². The lowest BCUT2D eigenvalue weighted by atomic mass is 9.88. The highest BCUT2D eigenvalue weighted by molar-refractivity contribution is 5.73. The van der Waals surface area contributed by atoms with Crippen LogP contribution in [0.5, 0.6) is 0 Å². The first-order valence-electron chi connectivity index (χ1n) is 7.39. The maximum Gasteiger partial charge on any atom is 0.0435 e. The Hall–Kier alpha value is -2.02. The highest BCUT2D eigenvalue weighted by atomic mass is 15.2. The molecule has 2 heterocycles. The molecule has 0 bridgehead atoms. The zero-order valence-electron chi connectivity index (χ0n) is 11.8. The summed E-state index contributed by atoms with van der Waals surface area (Å²) in [4.78, 5) is 2.56. The van der Waals surface area contributed by atoms with Crippen LogP contribution in [0.3, 0.4) is 0 Å². The Morgan fingerprint density at radius 1 is 1.05 bits per heavy atom. The Balaban J connectivity index is 1.73. The molecule has 1 aliphatic carbocycles. The zero-order valence-corrected chi connectivity index (χ0v) is 11.8. The van der Waals surface area contributed by atoms with Gasteiger partial charge in [0.15, 0.2) is 0 Å². The van der Waals surface area contributed by atoms with E-state index in [0.717, 1.165) is 13.1 Å². The summed E-state index contributed by atoms with van der Waals surface area (Å²) in [5, 5.41) is 0. The van der Waals surface area contributed by atoms with Gasteiger partial charge in [-0.2, -0.15) is 0 Å². The topological polar surface area (TPSA) is 3.24 Å². The lowest BCUT2D eigenvalue weighted by Gasteiger charge is -2.29. The molecule has 0 radical (unpaired) electrons. The average Bonchev–Trinajstić information content (AvgIpc) is 2.85. The molecule has 0 aromatic heterocycles. The molecule has 1 aromatic rings. The molecule has 1 aromatic carbocycles. The molecule has 3 aliphatic rings. The minimum atomic E-state index is 0.590. The molecule has 20 heavy (non-hydrogen) atoms. The molecule has 1 saturated heterocycles. The molecule has 2 atom stereocenters. The molecule has 1 fully saturated rings. The number of fused-ring (bicyclic) bond motifs is 3. The van der Waals surface area contributed by atoms with Gasteiger partial charge in [0, 0.05) is 30.6 Å². The largest absolute Gasteiger partial charge is 0.369 e. The Morgan fingerprint density at radius 2 is 1.85 bits per heavy atom. The molecule has 1 unspecified atom stereocenters. The van der Waals surface area contributed by atoms with Gasteiger partial charge in [0.2, 0.25) is 0 Å². The summed E-state index contributed by atoms with van der Waals surface area (Å²) in [5.41, 5.74) is 5.76. The van der Waals surface area contributed by atoms with Gasteiger partial charge < -0.3 is 4.90 Å². The van der Waals surface area contributed by atoms with Gasteiger partial charge in [-0.25, -0.2) is 0 Å². The van der Waals surface area contributed by atoms with Gasteiger partial charge in [0.05, 0.1) is 0 Å². The van der Waals surface area contributed by atoms with E-state index in [4.69, 9.17) is 0 Å². The van der Waals surface area contributed by atoms with Gasteiger partial charge in [-0.05, 0) is 29.7 Å². The number of allylic oxidation sites excluding steroid dienone is 5. The van der Waals surface area contributed by atoms with Crippen molar-refractivity contribution in [2.45, 2.75) is 6.92 Å². The van der Waals surface area contributed by atoms with E-state index < -0.39 is 0 Å². The molecule has 1 nitrogen and oxygen atoms in total. The highest BCUT2D eigenvalue weighted by Crippen LogP contribution is 2.41. The van der Waals surface area contributed by atoms with Crippen LogP contribution in [-0.4, -0.2) is 18.0 Å². The maximum absolute atomic E-state index is 2.56. The lowest BCUT2D eigenvalue weighted by Crippen LogP contribution is -2.25. The zero-order chi connectivity index (χ0) is 13.5. The van der Waals surface area contributed by atoms with Crippen molar-refractivity contribution in [3.05, 3.63) is 77.5 Å². The van der Waals surface area contributed by atoms with E-state index in [0.29, 0.717) is 11.8 Å². The van der Waals surface area contributed by atoms with Crippen LogP contribution in [0, 0.1) is 11.8 Å². The molecule has 0 spiro atoms. The van der Waals surface area contributed by atoms with Crippen molar-refractivity contribution >= 4 is 5.57 Å². The first kappa shape index (κ1) is 11.8. The number of rotatable bonds is 1. The summed E-state index contributed by atoms with van der Waals surface area (Å²) < 4.78 is 0. The Morgan fingerprint density at radius 3 is 2.70 bits per heavy atom. The fourth-order valence-electron chi connectivity index (χ4n) is 3.64. The second-order valence-electron chi connectivity index (χ2n) is 5.94. The van der Waals surface area contributed by atoms with E-state index in [2.05, 4.69) is 72.5 Å². The number of hydrogen-bond donors (Lipinski definition) is 0. The van der Waals surface area contributed by atoms with Crippen molar-refractivity contribution in [2.24, 2.45) is 11.8 Å². The van der Waals surface area contributed by atoms with Crippen molar-refractivity contribution in [1.82, 2.24) is 4.90 Å². The third kappa shape index (κ3) is 1.77. The van der Waals surface area contributed by atoms with Crippen LogP contribution in [-0.2, 0) is 0 Å². The predicted octanol–water partition coefficient (Wildman–Crippen LogP) is 4.03. The summed E-state index contributed by atoms with van der Waals surface area (Å²) in [6, 6.07) is 10.8. The Kier molecular flexibility index (Phi) is 2.66. The third-order valence-corrected chi connectivity index (χ3v) is 4.70. The van der Waals surface area contributed by atoms with Crippen molar-refractivity contribution in [2.75, 3.05) is 13.1 Å². The summed E-state index contributed by atoms with van der Waals surface area (Å²) >= 11 is 0. The normalized spacial score (nSPS) is 27.4. The van der Waals surface area contributed by atoms with Crippen molar-refractivity contribution < 1.29 is 0 Å². The van der Waals surface area contributed by atoms with Crippen LogP contribution in [0.4, 0.5) is 0 Å². The fourth-order valence-corrected chi connectivity index (χ4v) is 3.64. The minimum absolute atomic E-state index is 0.590. The van der Waals surface area contributed by atoms with Crippen LogP contribution in [0.25, 0.3) is 5.57 Å².